The van der Waals surface area contributed by atoms with Crippen molar-refractivity contribution < 1.29 is 14.3 Å². The Morgan fingerprint density at radius 3 is 2.83 bits per heavy atom. The molecule has 7 heteroatoms. The number of hydrogen-bond donors (Lipinski definition) is 0. The van der Waals surface area contributed by atoms with Crippen LogP contribution in [0.25, 0.3) is 0 Å². The van der Waals surface area contributed by atoms with Gasteiger partial charge in [-0.3, -0.25) is 9.69 Å². The van der Waals surface area contributed by atoms with E-state index in [1.165, 1.54) is 0 Å². The van der Waals surface area contributed by atoms with Crippen LogP contribution in [0.3, 0.4) is 0 Å². The second-order valence-electron chi connectivity index (χ2n) is 6.32. The fourth-order valence-corrected chi connectivity index (χ4v) is 3.28. The Labute approximate surface area is 141 Å². The molecular formula is C17H22N4O3. The summed E-state index contributed by atoms with van der Waals surface area (Å²) in [6.45, 7) is 3.33. The molecule has 0 bridgehead atoms. The average molecular weight is 330 g/mol. The minimum Gasteiger partial charge on any atom is -0.497 e. The van der Waals surface area contributed by atoms with Crippen molar-refractivity contribution in [3.8, 4) is 11.5 Å². The predicted molar refractivity (Wildman–Crippen MR) is 89.7 cm³/mol. The first kappa shape index (κ1) is 16.6. The maximum Gasteiger partial charge on any atom is 0.135 e. The van der Waals surface area contributed by atoms with E-state index in [0.29, 0.717) is 25.9 Å². The van der Waals surface area contributed by atoms with Gasteiger partial charge in [0, 0.05) is 43.6 Å². The van der Waals surface area contributed by atoms with Crippen LogP contribution < -0.4 is 9.47 Å². The van der Waals surface area contributed by atoms with E-state index in [-0.39, 0.29) is 11.8 Å². The highest BCUT2D eigenvalue weighted by Crippen LogP contribution is 2.33. The summed E-state index contributed by atoms with van der Waals surface area (Å²) in [4.78, 5) is 14.3. The van der Waals surface area contributed by atoms with Crippen LogP contribution in [-0.2, 0) is 11.3 Å². The maximum atomic E-state index is 12.0. The molecule has 0 aromatic heterocycles. The molecule has 0 spiro atoms. The molecule has 2 aliphatic heterocycles. The van der Waals surface area contributed by atoms with Gasteiger partial charge in [0.2, 0.25) is 0 Å². The van der Waals surface area contributed by atoms with E-state index in [9.17, 15) is 4.79 Å². The summed E-state index contributed by atoms with van der Waals surface area (Å²) in [6, 6.07) is 5.73. The molecule has 0 amide bonds. The molecule has 2 aliphatic rings. The second kappa shape index (κ2) is 6.68. The van der Waals surface area contributed by atoms with Gasteiger partial charge in [0.05, 0.1) is 20.4 Å². The van der Waals surface area contributed by atoms with Crippen molar-refractivity contribution in [2.75, 3.05) is 20.8 Å². The first-order valence-electron chi connectivity index (χ1n) is 7.99. The normalized spacial score (nSPS) is 26.8. The minimum atomic E-state index is -0.560. The molecule has 1 aromatic rings. The second-order valence-corrected chi connectivity index (χ2v) is 6.32. The number of rotatable bonds is 5. The number of piperidine rings is 1. The van der Waals surface area contributed by atoms with Crippen LogP contribution in [0.1, 0.15) is 25.3 Å². The molecule has 2 unspecified atom stereocenters. The van der Waals surface area contributed by atoms with Gasteiger partial charge in [-0.05, 0) is 18.2 Å². The van der Waals surface area contributed by atoms with Crippen LogP contribution in [-0.4, -0.2) is 49.2 Å². The number of Topliss-reactive ketones (excluding diaryl/α,β-unsaturated/α-hetero) is 1. The Morgan fingerprint density at radius 2 is 2.17 bits per heavy atom. The highest BCUT2D eigenvalue weighted by Gasteiger charge is 2.42. The fraction of sp³-hybridized carbons (Fsp3) is 0.529. The van der Waals surface area contributed by atoms with Crippen LogP contribution in [0.4, 0.5) is 0 Å². The van der Waals surface area contributed by atoms with E-state index in [2.05, 4.69) is 20.3 Å². The highest BCUT2D eigenvalue weighted by atomic mass is 16.5. The van der Waals surface area contributed by atoms with Crippen LogP contribution in [0.2, 0.25) is 0 Å². The van der Waals surface area contributed by atoms with Crippen molar-refractivity contribution in [1.29, 1.82) is 0 Å². The van der Waals surface area contributed by atoms with Crippen molar-refractivity contribution >= 4 is 12.0 Å². The van der Waals surface area contributed by atoms with Gasteiger partial charge >= 0.3 is 0 Å². The van der Waals surface area contributed by atoms with Gasteiger partial charge in [-0.2, -0.15) is 5.11 Å². The van der Waals surface area contributed by atoms with Crippen LogP contribution in [0, 0.1) is 0 Å². The quantitative estimate of drug-likeness (QED) is 0.831. The summed E-state index contributed by atoms with van der Waals surface area (Å²) in [5, 5.41) is 11.9. The van der Waals surface area contributed by atoms with Gasteiger partial charge < -0.3 is 9.47 Å². The van der Waals surface area contributed by atoms with E-state index in [1.807, 2.05) is 25.1 Å². The molecule has 0 N–H and O–H groups in total. The van der Waals surface area contributed by atoms with Crippen molar-refractivity contribution in [2.45, 2.75) is 37.9 Å². The molecule has 1 fully saturated rings. The lowest BCUT2D eigenvalue weighted by Gasteiger charge is -2.40. The van der Waals surface area contributed by atoms with E-state index < -0.39 is 5.54 Å². The zero-order valence-corrected chi connectivity index (χ0v) is 14.2. The first-order valence-corrected chi connectivity index (χ1v) is 7.99. The predicted octanol–water partition coefficient (Wildman–Crippen LogP) is 2.45. The number of likely N-dealkylation sites (tertiary alicyclic amines) is 1. The molecule has 2 heterocycles. The monoisotopic (exact) mass is 330 g/mol. The van der Waals surface area contributed by atoms with Gasteiger partial charge in [-0.15, -0.1) is 5.10 Å². The number of ether oxygens (including phenoxy) is 2. The summed E-state index contributed by atoms with van der Waals surface area (Å²) in [5.41, 5.74) is 0.489. The van der Waals surface area contributed by atoms with Crippen molar-refractivity contribution in [3.63, 3.8) is 0 Å². The van der Waals surface area contributed by atoms with Crippen molar-refractivity contribution in [2.24, 2.45) is 15.4 Å². The Bertz CT molecular complexity index is 674. The molecular weight excluding hydrogens is 308 g/mol. The third kappa shape index (κ3) is 3.17. The molecule has 1 aromatic carbocycles. The standard InChI is InChI=1S/C17H22N4O3/c1-17(11-18-20-19-17)16-8-13(22)6-7-21(16)10-12-4-5-14(23-2)9-15(12)24-3/h4-5,9,11,16H,6-8,10H2,1-3H3. The van der Waals surface area contributed by atoms with Gasteiger partial charge in [-0.25, -0.2) is 0 Å². The Kier molecular flexibility index (Phi) is 4.62. The molecule has 0 saturated carbocycles. The van der Waals surface area contributed by atoms with E-state index in [1.54, 1.807) is 20.4 Å². The van der Waals surface area contributed by atoms with E-state index >= 15 is 0 Å². The average Bonchev–Trinajstić information content (AvgIpc) is 3.04. The van der Waals surface area contributed by atoms with Gasteiger partial charge in [0.25, 0.3) is 0 Å². The number of benzene rings is 1. The maximum absolute atomic E-state index is 12.0. The molecule has 3 rings (SSSR count). The van der Waals surface area contributed by atoms with Crippen LogP contribution in [0.15, 0.2) is 33.6 Å². The van der Waals surface area contributed by atoms with Gasteiger partial charge in [-0.1, -0.05) is 6.07 Å². The Morgan fingerprint density at radius 1 is 1.33 bits per heavy atom. The molecule has 24 heavy (non-hydrogen) atoms. The Balaban J connectivity index is 1.85. The Hall–Kier alpha value is -2.28. The van der Waals surface area contributed by atoms with Crippen molar-refractivity contribution in [1.82, 2.24) is 4.90 Å². The fourth-order valence-electron chi connectivity index (χ4n) is 3.28. The third-order valence-electron chi connectivity index (χ3n) is 4.71. The molecule has 7 nitrogen and oxygen atoms in total. The molecule has 2 atom stereocenters. The minimum absolute atomic E-state index is 0.0550. The molecule has 0 aliphatic carbocycles. The lowest BCUT2D eigenvalue weighted by molar-refractivity contribution is -0.124. The summed E-state index contributed by atoms with van der Waals surface area (Å²) in [5.74, 6) is 1.79. The van der Waals surface area contributed by atoms with Crippen LogP contribution in [0.5, 0.6) is 11.5 Å². The number of ketones is 1. The first-order chi connectivity index (χ1) is 11.6. The van der Waals surface area contributed by atoms with Crippen LogP contribution >= 0.6 is 0 Å². The number of carbonyl (C=O) groups excluding carboxylic acids is 1. The topological polar surface area (TPSA) is 75.9 Å². The smallest absolute Gasteiger partial charge is 0.135 e. The summed E-state index contributed by atoms with van der Waals surface area (Å²) in [6.07, 6.45) is 2.74. The molecule has 0 radical (unpaired) electrons. The largest absolute Gasteiger partial charge is 0.497 e. The number of methoxy groups -OCH3 is 2. The molecule has 1 saturated heterocycles. The number of nitrogens with zero attached hydrogens (tertiary/aromatic N) is 4. The summed E-state index contributed by atoms with van der Waals surface area (Å²) >= 11 is 0. The van der Waals surface area contributed by atoms with E-state index in [4.69, 9.17) is 9.47 Å². The molecule has 128 valence electrons. The number of carbonyl (C=O) groups is 1. The van der Waals surface area contributed by atoms with Gasteiger partial charge in [0.15, 0.2) is 0 Å². The van der Waals surface area contributed by atoms with Gasteiger partial charge in [0.1, 0.15) is 22.8 Å². The summed E-state index contributed by atoms with van der Waals surface area (Å²) < 4.78 is 10.7. The SMILES string of the molecule is COc1ccc(CN2CCC(=O)CC2C2(C)C=NN=N2)c(OC)c1. The van der Waals surface area contributed by atoms with E-state index in [0.717, 1.165) is 17.1 Å². The zero-order valence-electron chi connectivity index (χ0n) is 14.2. The zero-order chi connectivity index (χ0) is 17.2. The lowest BCUT2D eigenvalue weighted by atomic mass is 9.85. The number of hydrogen-bond acceptors (Lipinski definition) is 7. The summed E-state index contributed by atoms with van der Waals surface area (Å²) in [7, 11) is 3.28. The lowest BCUT2D eigenvalue weighted by Crippen LogP contribution is -2.54. The highest BCUT2D eigenvalue weighted by molar-refractivity contribution is 5.82. The third-order valence-corrected chi connectivity index (χ3v) is 4.71. The van der Waals surface area contributed by atoms with Crippen molar-refractivity contribution in [3.05, 3.63) is 23.8 Å².